The molecule has 0 unspecified atom stereocenters. The van der Waals surface area contributed by atoms with Crippen molar-refractivity contribution in [3.63, 3.8) is 0 Å². The third-order valence-electron chi connectivity index (χ3n) is 3.15. The van der Waals surface area contributed by atoms with E-state index in [0.717, 1.165) is 19.3 Å². The van der Waals surface area contributed by atoms with Crippen molar-refractivity contribution < 1.29 is 14.2 Å². The van der Waals surface area contributed by atoms with Crippen LogP contribution in [0.25, 0.3) is 0 Å². The molecule has 1 aromatic carbocycles. The fraction of sp³-hybridized carbons (Fsp3) is 0.625. The second kappa shape index (κ2) is 7.63. The van der Waals surface area contributed by atoms with Gasteiger partial charge in [0.15, 0.2) is 6.29 Å². The molecule has 1 aromatic rings. The maximum Gasteiger partial charge on any atom is 0.158 e. The van der Waals surface area contributed by atoms with Crippen molar-refractivity contribution in [1.29, 1.82) is 0 Å². The summed E-state index contributed by atoms with van der Waals surface area (Å²) >= 11 is 0. The van der Waals surface area contributed by atoms with Crippen LogP contribution in [0.1, 0.15) is 38.7 Å². The highest BCUT2D eigenvalue weighted by molar-refractivity contribution is 5.13. The van der Waals surface area contributed by atoms with Gasteiger partial charge in [0.1, 0.15) is 0 Å². The van der Waals surface area contributed by atoms with Crippen molar-refractivity contribution in [2.75, 3.05) is 6.61 Å². The molecule has 19 heavy (non-hydrogen) atoms. The first kappa shape index (κ1) is 14.5. The second-order valence-corrected chi connectivity index (χ2v) is 5.30. The predicted molar refractivity (Wildman–Crippen MR) is 74.8 cm³/mol. The van der Waals surface area contributed by atoms with Crippen molar-refractivity contribution in [2.45, 2.75) is 58.2 Å². The molecule has 0 aromatic heterocycles. The average molecular weight is 264 g/mol. The Hall–Kier alpha value is -0.900. The van der Waals surface area contributed by atoms with Gasteiger partial charge in [0.25, 0.3) is 0 Å². The van der Waals surface area contributed by atoms with Crippen LogP contribution < -0.4 is 0 Å². The fourth-order valence-corrected chi connectivity index (χ4v) is 2.27. The van der Waals surface area contributed by atoms with E-state index in [1.165, 1.54) is 5.56 Å². The molecule has 0 radical (unpaired) electrons. The topological polar surface area (TPSA) is 27.7 Å². The summed E-state index contributed by atoms with van der Waals surface area (Å²) in [4.78, 5) is 0. The van der Waals surface area contributed by atoms with Gasteiger partial charge in [-0.3, -0.25) is 0 Å². The van der Waals surface area contributed by atoms with E-state index >= 15 is 0 Å². The van der Waals surface area contributed by atoms with Crippen LogP contribution in [0.15, 0.2) is 30.3 Å². The summed E-state index contributed by atoms with van der Waals surface area (Å²) < 4.78 is 17.3. The minimum absolute atomic E-state index is 0.0564. The summed E-state index contributed by atoms with van der Waals surface area (Å²) in [5, 5.41) is 0. The highest BCUT2D eigenvalue weighted by Crippen LogP contribution is 2.21. The molecule has 1 aliphatic rings. The molecule has 3 nitrogen and oxygen atoms in total. The highest BCUT2D eigenvalue weighted by Gasteiger charge is 2.23. The van der Waals surface area contributed by atoms with E-state index in [2.05, 4.69) is 12.1 Å². The molecule has 106 valence electrons. The average Bonchev–Trinajstić information content (AvgIpc) is 2.40. The van der Waals surface area contributed by atoms with Crippen LogP contribution in [-0.2, 0) is 20.8 Å². The lowest BCUT2D eigenvalue weighted by Crippen LogP contribution is -2.34. The van der Waals surface area contributed by atoms with Crippen LogP contribution >= 0.6 is 0 Å². The molecule has 0 spiro atoms. The van der Waals surface area contributed by atoms with Gasteiger partial charge in [0, 0.05) is 0 Å². The molecular formula is C16H24O3. The van der Waals surface area contributed by atoms with Crippen molar-refractivity contribution in [1.82, 2.24) is 0 Å². The van der Waals surface area contributed by atoms with Crippen molar-refractivity contribution in [3.05, 3.63) is 35.9 Å². The van der Waals surface area contributed by atoms with Crippen LogP contribution in [0.5, 0.6) is 0 Å². The summed E-state index contributed by atoms with van der Waals surface area (Å²) in [6, 6.07) is 10.2. The molecular weight excluding hydrogens is 240 g/mol. The molecule has 1 fully saturated rings. The third kappa shape index (κ3) is 5.31. The van der Waals surface area contributed by atoms with E-state index in [1.54, 1.807) is 0 Å². The van der Waals surface area contributed by atoms with E-state index < -0.39 is 0 Å². The standard InChI is InChI=1S/C16H24O3/c1-13(2)18-16-10-6-9-15(19-16)12-17-11-14-7-4-3-5-8-14/h3-5,7-8,13,15-16H,6,9-12H2,1-2H3/t15-,16-/m0/s1. The number of ether oxygens (including phenoxy) is 3. The van der Waals surface area contributed by atoms with Crippen molar-refractivity contribution in [3.8, 4) is 0 Å². The zero-order valence-corrected chi connectivity index (χ0v) is 11.9. The Bertz CT molecular complexity index is 350. The summed E-state index contributed by atoms with van der Waals surface area (Å²) in [6.07, 6.45) is 3.53. The van der Waals surface area contributed by atoms with Gasteiger partial charge in [-0.05, 0) is 38.7 Å². The van der Waals surface area contributed by atoms with Crippen LogP contribution in [0.2, 0.25) is 0 Å². The Morgan fingerprint density at radius 3 is 2.74 bits per heavy atom. The maximum atomic E-state index is 5.89. The largest absolute Gasteiger partial charge is 0.374 e. The molecule has 1 heterocycles. The molecule has 1 aliphatic heterocycles. The predicted octanol–water partition coefficient (Wildman–Crippen LogP) is 3.52. The van der Waals surface area contributed by atoms with Crippen LogP contribution in [-0.4, -0.2) is 25.1 Å². The molecule has 0 bridgehead atoms. The molecule has 0 N–H and O–H groups in total. The number of hydrogen-bond donors (Lipinski definition) is 0. The van der Waals surface area contributed by atoms with Crippen LogP contribution in [0.3, 0.4) is 0 Å². The second-order valence-electron chi connectivity index (χ2n) is 5.30. The quantitative estimate of drug-likeness (QED) is 0.786. The monoisotopic (exact) mass is 264 g/mol. The molecule has 0 saturated carbocycles. The highest BCUT2D eigenvalue weighted by atomic mass is 16.7. The normalized spacial score (nSPS) is 23.7. The third-order valence-corrected chi connectivity index (χ3v) is 3.15. The molecule has 0 amide bonds. The van der Waals surface area contributed by atoms with Gasteiger partial charge in [-0.15, -0.1) is 0 Å². The zero-order chi connectivity index (χ0) is 13.5. The number of hydrogen-bond acceptors (Lipinski definition) is 3. The summed E-state index contributed by atoms with van der Waals surface area (Å²) in [7, 11) is 0. The van der Waals surface area contributed by atoms with E-state index in [4.69, 9.17) is 14.2 Å². The first-order valence-electron chi connectivity index (χ1n) is 7.16. The molecule has 0 aliphatic carbocycles. The zero-order valence-electron chi connectivity index (χ0n) is 11.9. The van der Waals surface area contributed by atoms with Gasteiger partial charge in [-0.2, -0.15) is 0 Å². The van der Waals surface area contributed by atoms with Crippen LogP contribution in [0.4, 0.5) is 0 Å². The Kier molecular flexibility index (Phi) is 5.83. The summed E-state index contributed by atoms with van der Waals surface area (Å²) in [6.45, 7) is 5.38. The van der Waals surface area contributed by atoms with Crippen molar-refractivity contribution >= 4 is 0 Å². The molecule has 2 atom stereocenters. The van der Waals surface area contributed by atoms with Gasteiger partial charge in [0.2, 0.25) is 0 Å². The first-order chi connectivity index (χ1) is 9.24. The number of benzene rings is 1. The Morgan fingerprint density at radius 2 is 2.00 bits per heavy atom. The van der Waals surface area contributed by atoms with E-state index in [9.17, 15) is 0 Å². The number of rotatable bonds is 6. The van der Waals surface area contributed by atoms with E-state index in [0.29, 0.717) is 13.2 Å². The lowest BCUT2D eigenvalue weighted by Gasteiger charge is -2.30. The van der Waals surface area contributed by atoms with Crippen LogP contribution in [0, 0.1) is 0 Å². The summed E-state index contributed by atoms with van der Waals surface area (Å²) in [5.41, 5.74) is 1.20. The smallest absolute Gasteiger partial charge is 0.158 e. The van der Waals surface area contributed by atoms with E-state index in [1.807, 2.05) is 32.0 Å². The lowest BCUT2D eigenvalue weighted by atomic mass is 10.1. The lowest BCUT2D eigenvalue weighted by molar-refractivity contribution is -0.218. The summed E-state index contributed by atoms with van der Waals surface area (Å²) in [5.74, 6) is 0. The van der Waals surface area contributed by atoms with Gasteiger partial charge >= 0.3 is 0 Å². The fourth-order valence-electron chi connectivity index (χ4n) is 2.27. The Morgan fingerprint density at radius 1 is 1.21 bits per heavy atom. The Balaban J connectivity index is 1.68. The van der Waals surface area contributed by atoms with Gasteiger partial charge in [-0.1, -0.05) is 30.3 Å². The van der Waals surface area contributed by atoms with Gasteiger partial charge < -0.3 is 14.2 Å². The molecule has 3 heteroatoms. The molecule has 2 rings (SSSR count). The Labute approximate surface area is 115 Å². The van der Waals surface area contributed by atoms with Crippen molar-refractivity contribution in [2.24, 2.45) is 0 Å². The van der Waals surface area contributed by atoms with E-state index in [-0.39, 0.29) is 18.5 Å². The molecule has 1 saturated heterocycles. The SMILES string of the molecule is CC(C)O[C@@H]1CCC[C@@H](COCc2ccccc2)O1. The maximum absolute atomic E-state index is 5.89. The van der Waals surface area contributed by atoms with Gasteiger partial charge in [-0.25, -0.2) is 0 Å². The van der Waals surface area contributed by atoms with Gasteiger partial charge in [0.05, 0.1) is 25.4 Å². The minimum atomic E-state index is -0.0564. The minimum Gasteiger partial charge on any atom is -0.374 e. The first-order valence-corrected chi connectivity index (χ1v) is 7.16.